The van der Waals surface area contributed by atoms with Crippen LogP contribution in [0.1, 0.15) is 37.7 Å². The van der Waals surface area contributed by atoms with Crippen molar-refractivity contribution < 1.29 is 9.53 Å². The van der Waals surface area contributed by atoms with Gasteiger partial charge in [-0.25, -0.2) is 5.43 Å². The molecule has 1 saturated carbocycles. The Morgan fingerprint density at radius 2 is 2.14 bits per heavy atom. The molecule has 1 fully saturated rings. The monoisotopic (exact) mass is 284 g/mol. The van der Waals surface area contributed by atoms with Gasteiger partial charge in [-0.2, -0.15) is 5.10 Å². The number of ether oxygens (including phenoxy) is 1. The average Bonchev–Trinajstić information content (AvgIpc) is 2.54. The number of hydrazone groups is 1. The molecule has 1 amide bonds. The molecule has 1 aliphatic carbocycles. The Labute approximate surface area is 125 Å². The molecule has 2 rings (SSSR count). The molecule has 1 aromatic carbocycles. The molecule has 4 nitrogen and oxygen atoms in total. The van der Waals surface area contributed by atoms with E-state index in [1.165, 1.54) is 6.42 Å². The van der Waals surface area contributed by atoms with Crippen molar-refractivity contribution in [1.82, 2.24) is 5.43 Å². The van der Waals surface area contributed by atoms with Crippen LogP contribution in [0.15, 0.2) is 29.4 Å². The molecule has 4 heteroatoms. The second kappa shape index (κ2) is 8.11. The minimum atomic E-state index is 0.00738. The third kappa shape index (κ3) is 4.64. The van der Waals surface area contributed by atoms with Gasteiger partial charge in [-0.1, -0.05) is 37.3 Å². The van der Waals surface area contributed by atoms with Crippen molar-refractivity contribution in [2.75, 3.05) is 6.61 Å². The van der Waals surface area contributed by atoms with Gasteiger partial charge in [0.25, 0.3) is 0 Å². The molecule has 21 heavy (non-hydrogen) atoms. The SMILES string of the molecule is C#CCOc1ccccc1/C=N/NC(=O)C1CCCCC1. The molecule has 0 radical (unpaired) electrons. The summed E-state index contributed by atoms with van der Waals surface area (Å²) < 4.78 is 5.42. The first-order valence-electron chi connectivity index (χ1n) is 7.29. The van der Waals surface area contributed by atoms with Crippen molar-refractivity contribution >= 4 is 12.1 Å². The number of amides is 1. The molecule has 0 spiro atoms. The number of hydrogen-bond donors (Lipinski definition) is 1. The molecular weight excluding hydrogens is 264 g/mol. The minimum absolute atomic E-state index is 0.00738. The first-order chi connectivity index (χ1) is 10.3. The Hall–Kier alpha value is -2.28. The van der Waals surface area contributed by atoms with E-state index in [2.05, 4.69) is 16.4 Å². The molecule has 0 atom stereocenters. The molecule has 1 aliphatic rings. The number of benzene rings is 1. The Morgan fingerprint density at radius 3 is 2.90 bits per heavy atom. The highest BCUT2D eigenvalue weighted by molar-refractivity contribution is 5.85. The minimum Gasteiger partial charge on any atom is -0.480 e. The van der Waals surface area contributed by atoms with Crippen molar-refractivity contribution in [3.8, 4) is 18.1 Å². The van der Waals surface area contributed by atoms with Gasteiger partial charge in [0, 0.05) is 11.5 Å². The van der Waals surface area contributed by atoms with Crippen LogP contribution in [0.4, 0.5) is 0 Å². The summed E-state index contributed by atoms with van der Waals surface area (Å²) >= 11 is 0. The number of carbonyl (C=O) groups is 1. The highest BCUT2D eigenvalue weighted by Crippen LogP contribution is 2.23. The van der Waals surface area contributed by atoms with Gasteiger partial charge in [0.2, 0.25) is 5.91 Å². The first-order valence-corrected chi connectivity index (χ1v) is 7.29. The topological polar surface area (TPSA) is 50.7 Å². The largest absolute Gasteiger partial charge is 0.480 e. The maximum Gasteiger partial charge on any atom is 0.243 e. The lowest BCUT2D eigenvalue weighted by molar-refractivity contribution is -0.125. The summed E-state index contributed by atoms with van der Waals surface area (Å²) in [5.74, 6) is 3.19. The number of nitrogens with one attached hydrogen (secondary N) is 1. The van der Waals surface area contributed by atoms with Gasteiger partial charge in [-0.3, -0.25) is 4.79 Å². The summed E-state index contributed by atoms with van der Waals surface area (Å²) in [5.41, 5.74) is 3.41. The highest BCUT2D eigenvalue weighted by atomic mass is 16.5. The smallest absolute Gasteiger partial charge is 0.243 e. The average molecular weight is 284 g/mol. The van der Waals surface area contributed by atoms with Crippen molar-refractivity contribution in [1.29, 1.82) is 0 Å². The third-order valence-corrected chi connectivity index (χ3v) is 3.58. The fourth-order valence-corrected chi connectivity index (χ4v) is 2.46. The summed E-state index contributed by atoms with van der Waals surface area (Å²) in [6, 6.07) is 7.43. The van der Waals surface area contributed by atoms with Gasteiger partial charge < -0.3 is 4.74 Å². The van der Waals surface area contributed by atoms with E-state index in [0.29, 0.717) is 5.75 Å². The van der Waals surface area contributed by atoms with Gasteiger partial charge in [-0.15, -0.1) is 6.42 Å². The number of nitrogens with zero attached hydrogens (tertiary/aromatic N) is 1. The molecular formula is C17H20N2O2. The summed E-state index contributed by atoms with van der Waals surface area (Å²) in [4.78, 5) is 12.0. The zero-order chi connectivity index (χ0) is 14.9. The quantitative estimate of drug-likeness (QED) is 0.513. The molecule has 0 heterocycles. The molecule has 0 aliphatic heterocycles. The fourth-order valence-electron chi connectivity index (χ4n) is 2.46. The summed E-state index contributed by atoms with van der Waals surface area (Å²) in [5, 5.41) is 4.03. The number of terminal acetylenes is 1. The van der Waals surface area contributed by atoms with Crippen molar-refractivity contribution in [3.63, 3.8) is 0 Å². The van der Waals surface area contributed by atoms with E-state index in [1.54, 1.807) is 6.21 Å². The lowest BCUT2D eigenvalue weighted by atomic mass is 9.89. The molecule has 0 aromatic heterocycles. The second-order valence-electron chi connectivity index (χ2n) is 5.10. The van der Waals surface area contributed by atoms with Crippen LogP contribution >= 0.6 is 0 Å². The van der Waals surface area contributed by atoms with Crippen molar-refractivity contribution in [2.45, 2.75) is 32.1 Å². The van der Waals surface area contributed by atoms with Gasteiger partial charge in [-0.05, 0) is 25.0 Å². The third-order valence-electron chi connectivity index (χ3n) is 3.58. The number of hydrogen-bond acceptors (Lipinski definition) is 3. The van der Waals surface area contributed by atoms with Crippen LogP contribution in [-0.4, -0.2) is 18.7 Å². The van der Waals surface area contributed by atoms with E-state index in [4.69, 9.17) is 11.2 Å². The first kappa shape index (κ1) is 15.1. The summed E-state index contributed by atoms with van der Waals surface area (Å²) in [6.07, 6.45) is 12.2. The van der Waals surface area contributed by atoms with Crippen LogP contribution in [0.25, 0.3) is 0 Å². The highest BCUT2D eigenvalue weighted by Gasteiger charge is 2.20. The summed E-state index contributed by atoms with van der Waals surface area (Å²) in [6.45, 7) is 0.208. The van der Waals surface area contributed by atoms with Crippen LogP contribution in [0.2, 0.25) is 0 Å². The van der Waals surface area contributed by atoms with E-state index in [-0.39, 0.29) is 18.4 Å². The molecule has 0 saturated heterocycles. The lowest BCUT2D eigenvalue weighted by Gasteiger charge is -2.19. The van der Waals surface area contributed by atoms with E-state index in [1.807, 2.05) is 24.3 Å². The molecule has 0 unspecified atom stereocenters. The van der Waals surface area contributed by atoms with Crippen LogP contribution < -0.4 is 10.2 Å². The second-order valence-corrected chi connectivity index (χ2v) is 5.10. The van der Waals surface area contributed by atoms with Crippen molar-refractivity contribution in [3.05, 3.63) is 29.8 Å². The van der Waals surface area contributed by atoms with E-state index >= 15 is 0 Å². The zero-order valence-electron chi connectivity index (χ0n) is 12.0. The standard InChI is InChI=1S/C17H20N2O2/c1-2-12-21-16-11-7-6-10-15(16)13-18-19-17(20)14-8-4-3-5-9-14/h1,6-7,10-11,13-14H,3-5,8-9,12H2,(H,19,20)/b18-13+. The van der Waals surface area contributed by atoms with Crippen LogP contribution in [0, 0.1) is 18.3 Å². The van der Waals surface area contributed by atoms with E-state index in [9.17, 15) is 4.79 Å². The molecule has 110 valence electrons. The predicted octanol–water partition coefficient (Wildman–Crippen LogP) is 2.73. The number of rotatable bonds is 5. The van der Waals surface area contributed by atoms with Crippen LogP contribution in [0.5, 0.6) is 5.75 Å². The Bertz CT molecular complexity index is 540. The zero-order valence-corrected chi connectivity index (χ0v) is 12.0. The van der Waals surface area contributed by atoms with Gasteiger partial charge in [0.15, 0.2) is 0 Å². The Balaban J connectivity index is 1.91. The lowest BCUT2D eigenvalue weighted by Crippen LogP contribution is -2.28. The Morgan fingerprint density at radius 1 is 1.38 bits per heavy atom. The normalized spacial score (nSPS) is 15.6. The number of para-hydroxylation sites is 1. The van der Waals surface area contributed by atoms with Gasteiger partial charge in [0.1, 0.15) is 12.4 Å². The van der Waals surface area contributed by atoms with Crippen LogP contribution in [0.3, 0.4) is 0 Å². The molecule has 1 aromatic rings. The summed E-state index contributed by atoms with van der Waals surface area (Å²) in [7, 11) is 0. The number of carbonyl (C=O) groups excluding carboxylic acids is 1. The maximum atomic E-state index is 12.0. The Kier molecular flexibility index (Phi) is 5.83. The molecule has 1 N–H and O–H groups in total. The van der Waals surface area contributed by atoms with E-state index < -0.39 is 0 Å². The fraction of sp³-hybridized carbons (Fsp3) is 0.412. The van der Waals surface area contributed by atoms with Gasteiger partial charge >= 0.3 is 0 Å². The van der Waals surface area contributed by atoms with Crippen LogP contribution in [-0.2, 0) is 4.79 Å². The predicted molar refractivity (Wildman–Crippen MR) is 83.1 cm³/mol. The maximum absolute atomic E-state index is 12.0. The molecule has 0 bridgehead atoms. The van der Waals surface area contributed by atoms with Crippen molar-refractivity contribution in [2.24, 2.45) is 11.0 Å². The van der Waals surface area contributed by atoms with E-state index in [0.717, 1.165) is 31.2 Å². The van der Waals surface area contributed by atoms with Gasteiger partial charge in [0.05, 0.1) is 6.21 Å².